The molecule has 2 heterocycles. The molecular weight excluding hydrogens is 152 g/mol. The van der Waals surface area contributed by atoms with Gasteiger partial charge in [-0.25, -0.2) is 4.98 Å². The highest BCUT2D eigenvalue weighted by Crippen LogP contribution is 1.85. The highest BCUT2D eigenvalue weighted by Gasteiger charge is 1.82. The van der Waals surface area contributed by atoms with Crippen molar-refractivity contribution in [2.24, 2.45) is 0 Å². The van der Waals surface area contributed by atoms with Crippen LogP contribution < -0.4 is 0 Å². The van der Waals surface area contributed by atoms with Gasteiger partial charge in [0.15, 0.2) is 0 Å². The molecular formula is C8H12N4. The molecule has 4 nitrogen and oxygen atoms in total. The predicted molar refractivity (Wildman–Crippen MR) is 46.6 cm³/mol. The SMILES string of the molecule is CCc1ncc[nH]1.c1cn[nH]c1. The summed E-state index contributed by atoms with van der Waals surface area (Å²) in [5.74, 6) is 1.06. The number of imidazole rings is 1. The van der Waals surface area contributed by atoms with E-state index in [1.54, 1.807) is 18.6 Å². The maximum atomic E-state index is 3.98. The highest BCUT2D eigenvalue weighted by molar-refractivity contribution is 4.84. The van der Waals surface area contributed by atoms with Crippen LogP contribution in [0.2, 0.25) is 0 Å². The quantitative estimate of drug-likeness (QED) is 0.669. The van der Waals surface area contributed by atoms with E-state index >= 15 is 0 Å². The van der Waals surface area contributed by atoms with Crippen molar-refractivity contribution in [2.75, 3.05) is 0 Å². The zero-order valence-corrected chi connectivity index (χ0v) is 6.99. The van der Waals surface area contributed by atoms with E-state index in [1.165, 1.54) is 0 Å². The van der Waals surface area contributed by atoms with E-state index in [4.69, 9.17) is 0 Å². The first-order chi connectivity index (χ1) is 5.93. The van der Waals surface area contributed by atoms with Crippen LogP contribution in [0.4, 0.5) is 0 Å². The van der Waals surface area contributed by atoms with Crippen LogP contribution in [0.25, 0.3) is 0 Å². The van der Waals surface area contributed by atoms with Gasteiger partial charge in [0.25, 0.3) is 0 Å². The maximum Gasteiger partial charge on any atom is 0.105 e. The molecule has 0 saturated heterocycles. The maximum absolute atomic E-state index is 3.98. The molecule has 0 aliphatic carbocycles. The van der Waals surface area contributed by atoms with E-state index in [1.807, 2.05) is 12.3 Å². The van der Waals surface area contributed by atoms with E-state index in [0.717, 1.165) is 12.2 Å². The third-order valence-corrected chi connectivity index (χ3v) is 1.30. The Labute approximate surface area is 71.1 Å². The van der Waals surface area contributed by atoms with Crippen molar-refractivity contribution in [1.82, 2.24) is 20.2 Å². The second kappa shape index (κ2) is 5.12. The van der Waals surface area contributed by atoms with Crippen molar-refractivity contribution in [3.63, 3.8) is 0 Å². The summed E-state index contributed by atoms with van der Waals surface area (Å²) < 4.78 is 0. The van der Waals surface area contributed by atoms with Gasteiger partial charge >= 0.3 is 0 Å². The fourth-order valence-electron chi connectivity index (χ4n) is 0.706. The number of hydrogen-bond donors (Lipinski definition) is 2. The van der Waals surface area contributed by atoms with Gasteiger partial charge in [-0.1, -0.05) is 6.92 Å². The first kappa shape index (κ1) is 8.52. The Balaban J connectivity index is 0.000000127. The Morgan fingerprint density at radius 3 is 2.50 bits per heavy atom. The molecule has 0 bridgehead atoms. The van der Waals surface area contributed by atoms with Crippen molar-refractivity contribution >= 4 is 0 Å². The third-order valence-electron chi connectivity index (χ3n) is 1.30. The minimum Gasteiger partial charge on any atom is -0.349 e. The second-order valence-corrected chi connectivity index (χ2v) is 2.16. The predicted octanol–water partition coefficient (Wildman–Crippen LogP) is 1.38. The fraction of sp³-hybridized carbons (Fsp3) is 0.250. The monoisotopic (exact) mass is 164 g/mol. The summed E-state index contributed by atoms with van der Waals surface area (Å²) in [6.45, 7) is 2.07. The largest absolute Gasteiger partial charge is 0.349 e. The molecule has 0 amide bonds. The van der Waals surface area contributed by atoms with E-state index < -0.39 is 0 Å². The van der Waals surface area contributed by atoms with Crippen LogP contribution in [0, 0.1) is 0 Å². The second-order valence-electron chi connectivity index (χ2n) is 2.16. The van der Waals surface area contributed by atoms with Gasteiger partial charge in [0.2, 0.25) is 0 Å². The number of nitrogens with one attached hydrogen (secondary N) is 2. The lowest BCUT2D eigenvalue weighted by molar-refractivity contribution is 0.990. The molecule has 0 aromatic carbocycles. The molecule has 2 rings (SSSR count). The van der Waals surface area contributed by atoms with Gasteiger partial charge in [0.1, 0.15) is 5.82 Å². The lowest BCUT2D eigenvalue weighted by Gasteiger charge is -1.79. The normalized spacial score (nSPS) is 8.75. The lowest BCUT2D eigenvalue weighted by Crippen LogP contribution is -1.78. The number of aromatic nitrogens is 4. The van der Waals surface area contributed by atoms with Crippen molar-refractivity contribution in [2.45, 2.75) is 13.3 Å². The van der Waals surface area contributed by atoms with Crippen molar-refractivity contribution < 1.29 is 0 Å². The number of aromatic amines is 2. The third kappa shape index (κ3) is 3.01. The average molecular weight is 164 g/mol. The average Bonchev–Trinajstić information content (AvgIpc) is 2.81. The number of rotatable bonds is 1. The first-order valence-corrected chi connectivity index (χ1v) is 3.85. The molecule has 2 aromatic rings. The van der Waals surface area contributed by atoms with Crippen LogP contribution in [0.1, 0.15) is 12.7 Å². The molecule has 0 saturated carbocycles. The zero-order chi connectivity index (χ0) is 8.65. The zero-order valence-electron chi connectivity index (χ0n) is 6.99. The summed E-state index contributed by atoms with van der Waals surface area (Å²) in [7, 11) is 0. The molecule has 0 spiro atoms. The topological polar surface area (TPSA) is 57.4 Å². The van der Waals surface area contributed by atoms with Crippen LogP contribution >= 0.6 is 0 Å². The summed E-state index contributed by atoms with van der Waals surface area (Å²) >= 11 is 0. The Kier molecular flexibility index (Phi) is 3.63. The molecule has 2 N–H and O–H groups in total. The number of hydrogen-bond acceptors (Lipinski definition) is 2. The van der Waals surface area contributed by atoms with Crippen LogP contribution in [-0.4, -0.2) is 20.2 Å². The van der Waals surface area contributed by atoms with Gasteiger partial charge in [-0.2, -0.15) is 5.10 Å². The standard InChI is InChI=1S/C5H8N2.C3H4N2/c1-2-5-6-3-4-7-5;1-2-4-5-3-1/h3-4H,2H2,1H3,(H,6,7);1-3H,(H,4,5). The van der Waals surface area contributed by atoms with Gasteiger partial charge in [0.05, 0.1) is 0 Å². The van der Waals surface area contributed by atoms with E-state index in [9.17, 15) is 0 Å². The molecule has 0 atom stereocenters. The molecule has 4 heteroatoms. The Bertz CT molecular complexity index is 242. The van der Waals surface area contributed by atoms with E-state index in [-0.39, 0.29) is 0 Å². The number of nitrogens with zero attached hydrogens (tertiary/aromatic N) is 2. The summed E-state index contributed by atoms with van der Waals surface area (Å²) in [6.07, 6.45) is 8.05. The van der Waals surface area contributed by atoms with Gasteiger partial charge < -0.3 is 4.98 Å². The lowest BCUT2D eigenvalue weighted by atomic mass is 10.5. The van der Waals surface area contributed by atoms with E-state index in [2.05, 4.69) is 27.1 Å². The molecule has 0 fully saturated rings. The van der Waals surface area contributed by atoms with Crippen LogP contribution in [-0.2, 0) is 6.42 Å². The smallest absolute Gasteiger partial charge is 0.105 e. The van der Waals surface area contributed by atoms with Crippen molar-refractivity contribution in [1.29, 1.82) is 0 Å². The van der Waals surface area contributed by atoms with Gasteiger partial charge in [-0.05, 0) is 6.07 Å². The number of aryl methyl sites for hydroxylation is 1. The fourth-order valence-corrected chi connectivity index (χ4v) is 0.706. The minimum atomic E-state index is 0.993. The Morgan fingerprint density at radius 1 is 1.33 bits per heavy atom. The summed E-state index contributed by atoms with van der Waals surface area (Å²) in [5.41, 5.74) is 0. The molecule has 0 aliphatic rings. The van der Waals surface area contributed by atoms with Crippen molar-refractivity contribution in [3.05, 3.63) is 36.7 Å². The molecule has 0 radical (unpaired) electrons. The van der Waals surface area contributed by atoms with Crippen LogP contribution in [0.3, 0.4) is 0 Å². The summed E-state index contributed by atoms with van der Waals surface area (Å²) in [5, 5.41) is 6.21. The Morgan fingerprint density at radius 2 is 2.25 bits per heavy atom. The molecule has 0 unspecified atom stereocenters. The minimum absolute atomic E-state index is 0.993. The molecule has 2 aromatic heterocycles. The molecule has 0 aliphatic heterocycles. The van der Waals surface area contributed by atoms with Crippen LogP contribution in [0.15, 0.2) is 30.9 Å². The molecule has 64 valence electrons. The first-order valence-electron chi connectivity index (χ1n) is 3.85. The Hall–Kier alpha value is -1.58. The van der Waals surface area contributed by atoms with E-state index in [0.29, 0.717) is 0 Å². The van der Waals surface area contributed by atoms with Gasteiger partial charge in [-0.3, -0.25) is 5.10 Å². The van der Waals surface area contributed by atoms with Gasteiger partial charge in [-0.15, -0.1) is 0 Å². The number of H-pyrrole nitrogens is 2. The van der Waals surface area contributed by atoms with Crippen molar-refractivity contribution in [3.8, 4) is 0 Å². The highest BCUT2D eigenvalue weighted by atomic mass is 15.1. The summed E-state index contributed by atoms with van der Waals surface area (Å²) in [6, 6.07) is 1.83. The van der Waals surface area contributed by atoms with Crippen LogP contribution in [0.5, 0.6) is 0 Å². The van der Waals surface area contributed by atoms with Gasteiger partial charge in [0, 0.05) is 31.2 Å². The summed E-state index contributed by atoms with van der Waals surface area (Å²) in [4.78, 5) is 6.95. The molecule has 12 heavy (non-hydrogen) atoms.